The first kappa shape index (κ1) is 20.6. The molecule has 0 spiro atoms. The van der Waals surface area contributed by atoms with Crippen molar-refractivity contribution in [3.63, 3.8) is 0 Å². The van der Waals surface area contributed by atoms with Crippen molar-refractivity contribution >= 4 is 23.4 Å². The van der Waals surface area contributed by atoms with Crippen molar-refractivity contribution in [1.29, 1.82) is 0 Å². The van der Waals surface area contributed by atoms with E-state index >= 15 is 0 Å². The number of hydrogen-bond acceptors (Lipinski definition) is 4. The van der Waals surface area contributed by atoms with Crippen LogP contribution in [-0.4, -0.2) is 44.7 Å². The van der Waals surface area contributed by atoms with Gasteiger partial charge < -0.3 is 10.2 Å². The normalized spacial score (nSPS) is 14.3. The van der Waals surface area contributed by atoms with E-state index in [1.807, 2.05) is 59.8 Å². The molecule has 2 aromatic heterocycles. The van der Waals surface area contributed by atoms with E-state index in [9.17, 15) is 9.59 Å². The number of likely N-dealkylation sites (tertiary alicyclic amines) is 1. The second-order valence-corrected chi connectivity index (χ2v) is 7.74. The molecule has 3 aromatic rings. The number of anilines is 2. The van der Waals surface area contributed by atoms with E-state index in [2.05, 4.69) is 20.7 Å². The Morgan fingerprint density at radius 1 is 0.968 bits per heavy atom. The Bertz CT molecular complexity index is 1080. The Kier molecular flexibility index (Phi) is 5.97. The molecule has 1 aromatic carbocycles. The number of aryl methyl sites for hydroxylation is 2. The summed E-state index contributed by atoms with van der Waals surface area (Å²) in [5.74, 6) is 0.592. The number of carbonyl (C=O) groups excluding carboxylic acids is 2. The Labute approximate surface area is 181 Å². The topological polar surface area (TPSA) is 92.2 Å². The number of hydrogen-bond donors (Lipinski definition) is 2. The predicted octanol–water partition coefficient (Wildman–Crippen LogP) is 4.02. The Morgan fingerprint density at radius 2 is 1.74 bits per heavy atom. The number of para-hydroxylation sites is 1. The van der Waals surface area contributed by atoms with Crippen LogP contribution < -0.4 is 10.6 Å². The van der Waals surface area contributed by atoms with Gasteiger partial charge in [0.25, 0.3) is 5.91 Å². The molecule has 1 fully saturated rings. The summed E-state index contributed by atoms with van der Waals surface area (Å²) in [5, 5.41) is 10.2. The van der Waals surface area contributed by atoms with E-state index in [1.54, 1.807) is 18.3 Å². The van der Waals surface area contributed by atoms with Crippen LogP contribution in [0, 0.1) is 13.8 Å². The van der Waals surface area contributed by atoms with Gasteiger partial charge in [-0.25, -0.2) is 14.5 Å². The fourth-order valence-electron chi connectivity index (χ4n) is 3.82. The highest BCUT2D eigenvalue weighted by Crippen LogP contribution is 2.26. The SMILES string of the molecule is Cc1cccc(C(=O)N2CCC(n3nccc3NC(=O)Nc3ccccc3C)CC2)n1. The van der Waals surface area contributed by atoms with Gasteiger partial charge in [-0.15, -0.1) is 0 Å². The highest BCUT2D eigenvalue weighted by Gasteiger charge is 2.27. The molecule has 8 nitrogen and oxygen atoms in total. The lowest BCUT2D eigenvalue weighted by atomic mass is 10.0. The molecule has 8 heteroatoms. The van der Waals surface area contributed by atoms with Crippen LogP contribution in [0.15, 0.2) is 54.7 Å². The number of pyridine rings is 1. The second-order valence-electron chi connectivity index (χ2n) is 7.74. The molecule has 160 valence electrons. The molecule has 1 aliphatic rings. The van der Waals surface area contributed by atoms with Gasteiger partial charge in [0.2, 0.25) is 0 Å². The third-order valence-corrected chi connectivity index (χ3v) is 5.51. The molecular formula is C23H26N6O2. The van der Waals surface area contributed by atoms with Crippen LogP contribution >= 0.6 is 0 Å². The molecule has 3 amide bonds. The van der Waals surface area contributed by atoms with Gasteiger partial charge in [0.05, 0.1) is 12.2 Å². The van der Waals surface area contributed by atoms with Crippen molar-refractivity contribution in [2.24, 2.45) is 0 Å². The van der Waals surface area contributed by atoms with Crippen molar-refractivity contribution < 1.29 is 9.59 Å². The van der Waals surface area contributed by atoms with Crippen molar-refractivity contribution in [2.75, 3.05) is 23.7 Å². The van der Waals surface area contributed by atoms with Crippen LogP contribution in [0.4, 0.5) is 16.3 Å². The number of rotatable bonds is 4. The van der Waals surface area contributed by atoms with Gasteiger partial charge in [-0.3, -0.25) is 10.1 Å². The molecular weight excluding hydrogens is 392 g/mol. The minimum atomic E-state index is -0.311. The summed E-state index contributed by atoms with van der Waals surface area (Å²) in [7, 11) is 0. The number of urea groups is 1. The van der Waals surface area contributed by atoms with Gasteiger partial charge in [0, 0.05) is 30.5 Å². The maximum absolute atomic E-state index is 12.7. The molecule has 0 unspecified atom stereocenters. The predicted molar refractivity (Wildman–Crippen MR) is 119 cm³/mol. The number of benzene rings is 1. The van der Waals surface area contributed by atoms with Crippen LogP contribution in [0.3, 0.4) is 0 Å². The summed E-state index contributed by atoms with van der Waals surface area (Å²) in [4.78, 5) is 31.4. The van der Waals surface area contributed by atoms with Crippen molar-refractivity contribution in [3.05, 3.63) is 71.7 Å². The van der Waals surface area contributed by atoms with E-state index in [4.69, 9.17) is 0 Å². The van der Waals surface area contributed by atoms with Crippen molar-refractivity contribution in [1.82, 2.24) is 19.7 Å². The summed E-state index contributed by atoms with van der Waals surface area (Å²) in [6.45, 7) is 5.06. The molecule has 2 N–H and O–H groups in total. The Morgan fingerprint density at radius 3 is 2.48 bits per heavy atom. The van der Waals surface area contributed by atoms with Gasteiger partial charge in [-0.2, -0.15) is 5.10 Å². The first-order valence-electron chi connectivity index (χ1n) is 10.4. The fraction of sp³-hybridized carbons (Fsp3) is 0.304. The van der Waals surface area contributed by atoms with Crippen molar-refractivity contribution in [3.8, 4) is 0 Å². The summed E-state index contributed by atoms with van der Waals surface area (Å²) in [5.41, 5.74) is 3.07. The fourth-order valence-corrected chi connectivity index (χ4v) is 3.82. The molecule has 1 aliphatic heterocycles. The first-order valence-corrected chi connectivity index (χ1v) is 10.4. The number of nitrogens with one attached hydrogen (secondary N) is 2. The zero-order valence-corrected chi connectivity index (χ0v) is 17.7. The molecule has 0 atom stereocenters. The quantitative estimate of drug-likeness (QED) is 0.669. The Balaban J connectivity index is 1.37. The summed E-state index contributed by atoms with van der Waals surface area (Å²) in [6.07, 6.45) is 3.19. The van der Waals surface area contributed by atoms with Gasteiger partial charge in [0.15, 0.2) is 0 Å². The third kappa shape index (κ3) is 4.74. The van der Waals surface area contributed by atoms with E-state index in [-0.39, 0.29) is 18.0 Å². The molecule has 0 aliphatic carbocycles. The number of nitrogens with zero attached hydrogens (tertiary/aromatic N) is 4. The standard InChI is InChI=1S/C23H26N6O2/c1-16-6-3-4-8-19(16)26-23(31)27-21-10-13-24-29(21)18-11-14-28(15-12-18)22(30)20-9-5-7-17(2)25-20/h3-10,13,18H,11-12,14-15H2,1-2H3,(H2,26,27,31). The molecule has 31 heavy (non-hydrogen) atoms. The zero-order chi connectivity index (χ0) is 21.8. The lowest BCUT2D eigenvalue weighted by molar-refractivity contribution is 0.0684. The molecule has 0 radical (unpaired) electrons. The van der Waals surface area contributed by atoms with E-state index in [0.29, 0.717) is 24.6 Å². The van der Waals surface area contributed by atoms with E-state index in [1.165, 1.54) is 0 Å². The summed E-state index contributed by atoms with van der Waals surface area (Å²) >= 11 is 0. The number of amides is 3. The van der Waals surface area contributed by atoms with Crippen molar-refractivity contribution in [2.45, 2.75) is 32.7 Å². The molecule has 0 saturated carbocycles. The average molecular weight is 419 g/mol. The minimum absolute atomic E-state index is 0.0430. The van der Waals surface area contributed by atoms with Gasteiger partial charge >= 0.3 is 6.03 Å². The highest BCUT2D eigenvalue weighted by molar-refractivity contribution is 5.99. The van der Waals surface area contributed by atoms with Crippen LogP contribution in [0.1, 0.15) is 40.6 Å². The highest BCUT2D eigenvalue weighted by atomic mass is 16.2. The molecule has 4 rings (SSSR count). The van der Waals surface area contributed by atoms with E-state index in [0.717, 1.165) is 29.8 Å². The molecule has 3 heterocycles. The lowest BCUT2D eigenvalue weighted by Crippen LogP contribution is -2.40. The largest absolute Gasteiger partial charge is 0.337 e. The number of piperidine rings is 1. The first-order chi connectivity index (χ1) is 15.0. The third-order valence-electron chi connectivity index (χ3n) is 5.51. The monoisotopic (exact) mass is 418 g/mol. The van der Waals surface area contributed by atoms with Crippen LogP contribution in [0.2, 0.25) is 0 Å². The average Bonchev–Trinajstić information content (AvgIpc) is 3.23. The second kappa shape index (κ2) is 8.99. The summed E-state index contributed by atoms with van der Waals surface area (Å²) in [6, 6.07) is 14.7. The van der Waals surface area contributed by atoms with Crippen LogP contribution in [0.25, 0.3) is 0 Å². The minimum Gasteiger partial charge on any atom is -0.337 e. The smallest absolute Gasteiger partial charge is 0.324 e. The van der Waals surface area contributed by atoms with Gasteiger partial charge in [0.1, 0.15) is 11.5 Å². The molecule has 1 saturated heterocycles. The number of carbonyl (C=O) groups is 2. The van der Waals surface area contributed by atoms with Gasteiger partial charge in [-0.1, -0.05) is 24.3 Å². The zero-order valence-electron chi connectivity index (χ0n) is 17.7. The Hall–Kier alpha value is -3.68. The molecule has 0 bridgehead atoms. The lowest BCUT2D eigenvalue weighted by Gasteiger charge is -2.32. The maximum atomic E-state index is 12.7. The number of aromatic nitrogens is 3. The summed E-state index contributed by atoms with van der Waals surface area (Å²) < 4.78 is 1.84. The van der Waals surface area contributed by atoms with E-state index < -0.39 is 0 Å². The van der Waals surface area contributed by atoms with Crippen LogP contribution in [0.5, 0.6) is 0 Å². The van der Waals surface area contributed by atoms with Crippen LogP contribution in [-0.2, 0) is 0 Å². The van der Waals surface area contributed by atoms with Gasteiger partial charge in [-0.05, 0) is 50.5 Å². The maximum Gasteiger partial charge on any atom is 0.324 e.